The molecule has 4 rings (SSSR count). The standard InChI is InChI=1S/C25H20N2O5/c1-31-20-12-8-18(9-13-20)26-23(28)22(16-17-6-4-3-5-7-17)24(29)27(25(26)30)19-10-14-21(32-2)15-11-19/h3-16H,1-2H3. The molecule has 0 N–H and O–H groups in total. The van der Waals surface area contributed by atoms with Gasteiger partial charge >= 0.3 is 6.03 Å². The van der Waals surface area contributed by atoms with Crippen molar-refractivity contribution in [2.45, 2.75) is 0 Å². The van der Waals surface area contributed by atoms with Gasteiger partial charge in [-0.15, -0.1) is 0 Å². The molecule has 0 bridgehead atoms. The second-order valence-electron chi connectivity index (χ2n) is 6.93. The summed E-state index contributed by atoms with van der Waals surface area (Å²) in [6.45, 7) is 0. The minimum atomic E-state index is -0.763. The van der Waals surface area contributed by atoms with Crippen LogP contribution in [0.2, 0.25) is 0 Å². The highest BCUT2D eigenvalue weighted by Crippen LogP contribution is 2.31. The van der Waals surface area contributed by atoms with Gasteiger partial charge in [-0.25, -0.2) is 14.6 Å². The van der Waals surface area contributed by atoms with E-state index in [2.05, 4.69) is 0 Å². The minimum Gasteiger partial charge on any atom is -0.497 e. The van der Waals surface area contributed by atoms with E-state index in [1.807, 2.05) is 6.07 Å². The molecule has 7 heteroatoms. The highest BCUT2D eigenvalue weighted by molar-refractivity contribution is 6.46. The highest BCUT2D eigenvalue weighted by atomic mass is 16.5. The molecule has 3 aromatic carbocycles. The Hall–Kier alpha value is -4.39. The number of hydrogen-bond acceptors (Lipinski definition) is 5. The highest BCUT2D eigenvalue weighted by Gasteiger charge is 2.43. The zero-order chi connectivity index (χ0) is 22.7. The van der Waals surface area contributed by atoms with Gasteiger partial charge < -0.3 is 9.47 Å². The molecule has 0 unspecified atom stereocenters. The Morgan fingerprint density at radius 3 is 1.47 bits per heavy atom. The lowest BCUT2D eigenvalue weighted by atomic mass is 10.0. The number of carbonyl (C=O) groups is 3. The molecule has 0 saturated carbocycles. The van der Waals surface area contributed by atoms with Crippen LogP contribution in [0.1, 0.15) is 5.56 Å². The molecule has 1 fully saturated rings. The first kappa shape index (κ1) is 20.9. The molecule has 1 aliphatic rings. The summed E-state index contributed by atoms with van der Waals surface area (Å²) in [4.78, 5) is 42.0. The van der Waals surface area contributed by atoms with Crippen LogP contribution >= 0.6 is 0 Å². The molecule has 160 valence electrons. The van der Waals surface area contributed by atoms with E-state index in [0.29, 0.717) is 28.4 Å². The Labute approximate surface area is 185 Å². The third-order valence-corrected chi connectivity index (χ3v) is 5.02. The molecule has 0 aliphatic carbocycles. The Kier molecular flexibility index (Phi) is 5.72. The molecule has 1 heterocycles. The number of imide groups is 2. The predicted molar refractivity (Wildman–Crippen MR) is 121 cm³/mol. The van der Waals surface area contributed by atoms with Crippen LogP contribution in [0.4, 0.5) is 16.2 Å². The summed E-state index contributed by atoms with van der Waals surface area (Å²) in [5.74, 6) is -0.236. The Morgan fingerprint density at radius 2 is 1.06 bits per heavy atom. The number of ether oxygens (including phenoxy) is 2. The number of barbiturate groups is 1. The number of benzene rings is 3. The second-order valence-corrected chi connectivity index (χ2v) is 6.93. The van der Waals surface area contributed by atoms with E-state index in [1.54, 1.807) is 72.8 Å². The molecule has 1 aliphatic heterocycles. The predicted octanol–water partition coefficient (Wildman–Crippen LogP) is 4.29. The maximum Gasteiger partial charge on any atom is 0.343 e. The second kappa shape index (κ2) is 8.77. The van der Waals surface area contributed by atoms with Gasteiger partial charge in [0.1, 0.15) is 17.1 Å². The van der Waals surface area contributed by atoms with Crippen LogP contribution in [0.25, 0.3) is 6.08 Å². The van der Waals surface area contributed by atoms with Crippen molar-refractivity contribution in [2.75, 3.05) is 24.0 Å². The van der Waals surface area contributed by atoms with Gasteiger partial charge in [-0.3, -0.25) is 9.59 Å². The van der Waals surface area contributed by atoms with E-state index >= 15 is 0 Å². The van der Waals surface area contributed by atoms with E-state index in [-0.39, 0.29) is 5.57 Å². The van der Waals surface area contributed by atoms with Crippen molar-refractivity contribution in [3.8, 4) is 11.5 Å². The number of rotatable bonds is 5. The van der Waals surface area contributed by atoms with Crippen molar-refractivity contribution in [1.29, 1.82) is 0 Å². The Bertz CT molecular complexity index is 1110. The molecule has 7 nitrogen and oxygen atoms in total. The number of hydrogen-bond donors (Lipinski definition) is 0. The smallest absolute Gasteiger partial charge is 0.343 e. The maximum atomic E-state index is 13.4. The molecule has 0 spiro atoms. The van der Waals surface area contributed by atoms with E-state index in [4.69, 9.17) is 9.47 Å². The molecular formula is C25H20N2O5. The van der Waals surface area contributed by atoms with E-state index in [0.717, 1.165) is 9.80 Å². The van der Waals surface area contributed by atoms with Crippen molar-refractivity contribution < 1.29 is 23.9 Å². The number of nitrogens with zero attached hydrogens (tertiary/aromatic N) is 2. The fourth-order valence-corrected chi connectivity index (χ4v) is 3.36. The maximum absolute atomic E-state index is 13.4. The molecule has 0 aromatic heterocycles. The van der Waals surface area contributed by atoms with Crippen LogP contribution in [-0.4, -0.2) is 32.1 Å². The summed E-state index contributed by atoms with van der Waals surface area (Å²) in [6.07, 6.45) is 1.49. The number of methoxy groups -OCH3 is 2. The van der Waals surface area contributed by atoms with Crippen LogP contribution < -0.4 is 19.3 Å². The molecule has 3 aromatic rings. The SMILES string of the molecule is COc1ccc(N2C(=O)C(=Cc3ccccc3)C(=O)N(c3ccc(OC)cc3)C2=O)cc1. The van der Waals surface area contributed by atoms with Crippen LogP contribution in [0.5, 0.6) is 11.5 Å². The first-order chi connectivity index (χ1) is 15.5. The summed E-state index contributed by atoms with van der Waals surface area (Å²) in [5, 5.41) is 0. The van der Waals surface area contributed by atoms with Crippen LogP contribution in [-0.2, 0) is 9.59 Å². The van der Waals surface area contributed by atoms with Crippen molar-refractivity contribution in [3.63, 3.8) is 0 Å². The number of amides is 4. The third-order valence-electron chi connectivity index (χ3n) is 5.02. The van der Waals surface area contributed by atoms with Crippen LogP contribution in [0.15, 0.2) is 84.4 Å². The summed E-state index contributed by atoms with van der Waals surface area (Å²) >= 11 is 0. The largest absolute Gasteiger partial charge is 0.497 e. The van der Waals surface area contributed by atoms with Gasteiger partial charge in [0.25, 0.3) is 11.8 Å². The minimum absolute atomic E-state index is 0.123. The molecule has 0 atom stereocenters. The van der Waals surface area contributed by atoms with E-state index in [9.17, 15) is 14.4 Å². The van der Waals surface area contributed by atoms with Crippen molar-refractivity contribution >= 4 is 35.3 Å². The normalized spacial score (nSPS) is 13.9. The first-order valence-corrected chi connectivity index (χ1v) is 9.81. The summed E-state index contributed by atoms with van der Waals surface area (Å²) < 4.78 is 10.3. The fraction of sp³-hybridized carbons (Fsp3) is 0.0800. The monoisotopic (exact) mass is 428 g/mol. The van der Waals surface area contributed by atoms with Gasteiger partial charge in [-0.1, -0.05) is 30.3 Å². The summed E-state index contributed by atoms with van der Waals surface area (Å²) in [7, 11) is 3.05. The zero-order valence-electron chi connectivity index (χ0n) is 17.5. The van der Waals surface area contributed by atoms with Gasteiger partial charge in [-0.2, -0.15) is 0 Å². The van der Waals surface area contributed by atoms with Crippen molar-refractivity contribution in [1.82, 2.24) is 0 Å². The quantitative estimate of drug-likeness (QED) is 0.448. The van der Waals surface area contributed by atoms with Crippen LogP contribution in [0.3, 0.4) is 0 Å². The summed E-state index contributed by atoms with van der Waals surface area (Å²) in [5.41, 5.74) is 1.20. The van der Waals surface area contributed by atoms with Gasteiger partial charge in [0, 0.05) is 0 Å². The van der Waals surface area contributed by atoms with Gasteiger partial charge in [-0.05, 0) is 60.2 Å². The third kappa shape index (κ3) is 3.83. The number of urea groups is 1. The van der Waals surface area contributed by atoms with Gasteiger partial charge in [0.2, 0.25) is 0 Å². The zero-order valence-corrected chi connectivity index (χ0v) is 17.5. The van der Waals surface area contributed by atoms with E-state index in [1.165, 1.54) is 20.3 Å². The van der Waals surface area contributed by atoms with Crippen LogP contribution in [0, 0.1) is 0 Å². The average molecular weight is 428 g/mol. The summed E-state index contributed by atoms with van der Waals surface area (Å²) in [6, 6.07) is 21.2. The molecule has 4 amide bonds. The molecule has 0 radical (unpaired) electrons. The van der Waals surface area contributed by atoms with Crippen molar-refractivity contribution in [2.24, 2.45) is 0 Å². The lowest BCUT2D eigenvalue weighted by Gasteiger charge is -2.34. The Morgan fingerprint density at radius 1 is 0.625 bits per heavy atom. The molecular weight excluding hydrogens is 408 g/mol. The first-order valence-electron chi connectivity index (χ1n) is 9.81. The average Bonchev–Trinajstić information content (AvgIpc) is 2.83. The van der Waals surface area contributed by atoms with E-state index < -0.39 is 17.8 Å². The molecule has 32 heavy (non-hydrogen) atoms. The van der Waals surface area contributed by atoms with Gasteiger partial charge in [0.05, 0.1) is 25.6 Å². The lowest BCUT2D eigenvalue weighted by molar-refractivity contribution is -0.121. The topological polar surface area (TPSA) is 76.2 Å². The fourth-order valence-electron chi connectivity index (χ4n) is 3.36. The van der Waals surface area contributed by atoms with Gasteiger partial charge in [0.15, 0.2) is 0 Å². The molecule has 1 saturated heterocycles. The lowest BCUT2D eigenvalue weighted by Crippen LogP contribution is -2.57. The number of anilines is 2. The van der Waals surface area contributed by atoms with Crippen molar-refractivity contribution in [3.05, 3.63) is 90.0 Å². The number of carbonyl (C=O) groups excluding carboxylic acids is 3. The Balaban J connectivity index is 1.83.